The van der Waals surface area contributed by atoms with Crippen LogP contribution in [0.15, 0.2) is 16.5 Å². The molecule has 0 spiro atoms. The lowest BCUT2D eigenvalue weighted by Gasteiger charge is -2.11. The summed E-state index contributed by atoms with van der Waals surface area (Å²) in [5.74, 6) is 2.14. The summed E-state index contributed by atoms with van der Waals surface area (Å²) in [4.78, 5) is 0. The maximum Gasteiger partial charge on any atom is 0.117 e. The van der Waals surface area contributed by atoms with E-state index in [1.54, 1.807) is 0 Å². The third-order valence-corrected chi connectivity index (χ3v) is 4.47. The molecule has 1 aliphatic carbocycles. The standard InChI is InChI=1S/C12H19NOS/c1-3-10-4-5-11(14-10)8-13-9-12(15-2)6-7-12/h4-5,13H,3,6-9H2,1-2H3. The van der Waals surface area contributed by atoms with Gasteiger partial charge in [-0.05, 0) is 31.2 Å². The Bertz CT molecular complexity index is 317. The Hall–Kier alpha value is -0.410. The van der Waals surface area contributed by atoms with E-state index in [9.17, 15) is 0 Å². The Labute approximate surface area is 95.8 Å². The van der Waals surface area contributed by atoms with Crippen LogP contribution >= 0.6 is 11.8 Å². The normalized spacial score (nSPS) is 18.0. The first kappa shape index (κ1) is 11.1. The average Bonchev–Trinajstić information content (AvgIpc) is 2.89. The van der Waals surface area contributed by atoms with Gasteiger partial charge in [0.25, 0.3) is 0 Å². The number of hydrogen-bond acceptors (Lipinski definition) is 3. The molecule has 0 atom stereocenters. The molecule has 2 rings (SSSR count). The molecule has 0 saturated heterocycles. The molecule has 1 heterocycles. The Morgan fingerprint density at radius 1 is 1.40 bits per heavy atom. The highest BCUT2D eigenvalue weighted by atomic mass is 32.2. The van der Waals surface area contributed by atoms with Crippen LogP contribution in [0, 0.1) is 0 Å². The maximum absolute atomic E-state index is 5.63. The molecule has 2 nitrogen and oxygen atoms in total. The second kappa shape index (κ2) is 4.62. The molecule has 0 radical (unpaired) electrons. The number of furan rings is 1. The Balaban J connectivity index is 1.73. The van der Waals surface area contributed by atoms with Gasteiger partial charge in [0, 0.05) is 17.7 Å². The zero-order valence-electron chi connectivity index (χ0n) is 9.51. The molecule has 15 heavy (non-hydrogen) atoms. The highest BCUT2D eigenvalue weighted by molar-refractivity contribution is 8.00. The van der Waals surface area contributed by atoms with Crippen LogP contribution in [-0.2, 0) is 13.0 Å². The summed E-state index contributed by atoms with van der Waals surface area (Å²) in [6.45, 7) is 4.08. The summed E-state index contributed by atoms with van der Waals surface area (Å²) in [5.41, 5.74) is 0. The van der Waals surface area contributed by atoms with Crippen LogP contribution in [0.3, 0.4) is 0 Å². The second-order valence-corrected chi connectivity index (χ2v) is 5.49. The Morgan fingerprint density at radius 3 is 2.67 bits per heavy atom. The number of hydrogen-bond donors (Lipinski definition) is 1. The van der Waals surface area contributed by atoms with Crippen molar-refractivity contribution in [3.8, 4) is 0 Å². The zero-order valence-corrected chi connectivity index (χ0v) is 10.3. The van der Waals surface area contributed by atoms with Crippen LogP contribution in [0.25, 0.3) is 0 Å². The molecule has 1 saturated carbocycles. The molecule has 1 aliphatic rings. The van der Waals surface area contributed by atoms with Gasteiger partial charge < -0.3 is 9.73 Å². The van der Waals surface area contributed by atoms with E-state index in [4.69, 9.17) is 4.42 Å². The third-order valence-electron chi connectivity index (χ3n) is 3.05. The Kier molecular flexibility index (Phi) is 3.42. The molecule has 84 valence electrons. The summed E-state index contributed by atoms with van der Waals surface area (Å²) < 4.78 is 6.17. The van der Waals surface area contributed by atoms with Gasteiger partial charge in [0.2, 0.25) is 0 Å². The van der Waals surface area contributed by atoms with Gasteiger partial charge in [-0.15, -0.1) is 0 Å². The first-order chi connectivity index (χ1) is 7.28. The van der Waals surface area contributed by atoms with Crippen molar-refractivity contribution in [3.63, 3.8) is 0 Å². The highest BCUT2D eigenvalue weighted by Gasteiger charge is 2.41. The highest BCUT2D eigenvalue weighted by Crippen LogP contribution is 2.46. The summed E-state index contributed by atoms with van der Waals surface area (Å²) in [7, 11) is 0. The topological polar surface area (TPSA) is 25.2 Å². The van der Waals surface area contributed by atoms with Crippen molar-refractivity contribution < 1.29 is 4.42 Å². The summed E-state index contributed by atoms with van der Waals surface area (Å²) in [5, 5.41) is 3.48. The molecule has 0 aliphatic heterocycles. The lowest BCUT2D eigenvalue weighted by atomic mass is 10.3. The molecule has 0 unspecified atom stereocenters. The molecule has 0 bridgehead atoms. The molecule has 0 aromatic carbocycles. The lowest BCUT2D eigenvalue weighted by molar-refractivity contribution is 0.450. The monoisotopic (exact) mass is 225 g/mol. The fourth-order valence-electron chi connectivity index (χ4n) is 1.71. The second-order valence-electron chi connectivity index (χ2n) is 4.21. The first-order valence-corrected chi connectivity index (χ1v) is 6.84. The number of nitrogens with one attached hydrogen (secondary N) is 1. The van der Waals surface area contributed by atoms with Crippen LogP contribution in [0.2, 0.25) is 0 Å². The van der Waals surface area contributed by atoms with E-state index in [1.165, 1.54) is 12.8 Å². The summed E-state index contributed by atoms with van der Waals surface area (Å²) >= 11 is 1.99. The maximum atomic E-state index is 5.63. The van der Waals surface area contributed by atoms with E-state index in [2.05, 4.69) is 30.6 Å². The van der Waals surface area contributed by atoms with E-state index in [1.807, 2.05) is 11.8 Å². The predicted molar refractivity (Wildman–Crippen MR) is 65.3 cm³/mol. The molecule has 1 aromatic rings. The first-order valence-electron chi connectivity index (χ1n) is 5.61. The van der Waals surface area contributed by atoms with E-state index in [-0.39, 0.29) is 0 Å². The van der Waals surface area contributed by atoms with Crippen molar-refractivity contribution in [2.75, 3.05) is 12.8 Å². The van der Waals surface area contributed by atoms with Crippen LogP contribution in [0.1, 0.15) is 31.3 Å². The number of aryl methyl sites for hydroxylation is 1. The van der Waals surface area contributed by atoms with Gasteiger partial charge in [-0.3, -0.25) is 0 Å². The fourth-order valence-corrected chi connectivity index (χ4v) is 2.47. The SMILES string of the molecule is CCc1ccc(CNCC2(SC)CC2)o1. The molecule has 3 heteroatoms. The van der Waals surface area contributed by atoms with Crippen LogP contribution in [0.5, 0.6) is 0 Å². The molecular formula is C12H19NOS. The van der Waals surface area contributed by atoms with Crippen molar-refractivity contribution in [3.05, 3.63) is 23.7 Å². The van der Waals surface area contributed by atoms with Gasteiger partial charge in [0.05, 0.1) is 6.54 Å². The number of rotatable bonds is 6. The van der Waals surface area contributed by atoms with Crippen molar-refractivity contribution in [1.82, 2.24) is 5.32 Å². The smallest absolute Gasteiger partial charge is 0.117 e. The summed E-state index contributed by atoms with van der Waals surface area (Å²) in [6.07, 6.45) is 5.91. The minimum atomic E-state index is 0.542. The van der Waals surface area contributed by atoms with Gasteiger partial charge in [-0.25, -0.2) is 0 Å². The van der Waals surface area contributed by atoms with E-state index in [0.717, 1.165) is 31.0 Å². The minimum absolute atomic E-state index is 0.542. The van der Waals surface area contributed by atoms with Crippen molar-refractivity contribution >= 4 is 11.8 Å². The quantitative estimate of drug-likeness (QED) is 0.806. The van der Waals surface area contributed by atoms with Gasteiger partial charge in [0.15, 0.2) is 0 Å². The van der Waals surface area contributed by atoms with E-state index in [0.29, 0.717) is 4.75 Å². The summed E-state index contributed by atoms with van der Waals surface area (Å²) in [6, 6.07) is 4.14. The van der Waals surface area contributed by atoms with Gasteiger partial charge in [-0.1, -0.05) is 6.92 Å². The van der Waals surface area contributed by atoms with Gasteiger partial charge >= 0.3 is 0 Å². The van der Waals surface area contributed by atoms with Crippen molar-refractivity contribution in [2.45, 2.75) is 37.5 Å². The number of thioether (sulfide) groups is 1. The van der Waals surface area contributed by atoms with Crippen LogP contribution in [0.4, 0.5) is 0 Å². The van der Waals surface area contributed by atoms with Gasteiger partial charge in [-0.2, -0.15) is 11.8 Å². The van der Waals surface area contributed by atoms with Crippen LogP contribution in [-0.4, -0.2) is 17.5 Å². The van der Waals surface area contributed by atoms with Crippen LogP contribution < -0.4 is 5.32 Å². The molecule has 1 aromatic heterocycles. The molecular weight excluding hydrogens is 206 g/mol. The van der Waals surface area contributed by atoms with E-state index < -0.39 is 0 Å². The third kappa shape index (κ3) is 2.79. The fraction of sp³-hybridized carbons (Fsp3) is 0.667. The molecule has 0 amide bonds. The van der Waals surface area contributed by atoms with E-state index >= 15 is 0 Å². The van der Waals surface area contributed by atoms with Crippen molar-refractivity contribution in [1.29, 1.82) is 0 Å². The van der Waals surface area contributed by atoms with Gasteiger partial charge in [0.1, 0.15) is 11.5 Å². The lowest BCUT2D eigenvalue weighted by Crippen LogP contribution is -2.25. The zero-order chi connectivity index (χ0) is 10.7. The largest absolute Gasteiger partial charge is 0.465 e. The average molecular weight is 225 g/mol. The van der Waals surface area contributed by atoms with Crippen molar-refractivity contribution in [2.24, 2.45) is 0 Å². The minimum Gasteiger partial charge on any atom is -0.465 e. The Morgan fingerprint density at radius 2 is 2.13 bits per heavy atom. The predicted octanol–water partition coefficient (Wildman–Crippen LogP) is 2.83. The molecule has 1 N–H and O–H groups in total. The molecule has 1 fully saturated rings.